The fourth-order valence-corrected chi connectivity index (χ4v) is 3.91. The van der Waals surface area contributed by atoms with Gasteiger partial charge in [0.2, 0.25) is 5.88 Å². The summed E-state index contributed by atoms with van der Waals surface area (Å²) in [6.45, 7) is 6.88. The maximum Gasteiger partial charge on any atom is 0.227 e. The predicted molar refractivity (Wildman–Crippen MR) is 111 cm³/mol. The van der Waals surface area contributed by atoms with Crippen molar-refractivity contribution in [3.63, 3.8) is 0 Å². The van der Waals surface area contributed by atoms with Crippen molar-refractivity contribution < 1.29 is 4.74 Å². The first-order valence-corrected chi connectivity index (χ1v) is 10.6. The molecule has 0 spiro atoms. The van der Waals surface area contributed by atoms with Gasteiger partial charge in [-0.05, 0) is 64.9 Å². The summed E-state index contributed by atoms with van der Waals surface area (Å²) in [6.07, 6.45) is 11.4. The van der Waals surface area contributed by atoms with Crippen LogP contribution in [0.3, 0.4) is 0 Å². The van der Waals surface area contributed by atoms with Gasteiger partial charge in [-0.15, -0.1) is 0 Å². The van der Waals surface area contributed by atoms with Gasteiger partial charge in [0, 0.05) is 0 Å². The van der Waals surface area contributed by atoms with Gasteiger partial charge in [-0.2, -0.15) is 5.10 Å². The third-order valence-corrected chi connectivity index (χ3v) is 7.10. The third-order valence-electron chi connectivity index (χ3n) is 4.34. The highest BCUT2D eigenvalue weighted by Crippen LogP contribution is 2.36. The van der Waals surface area contributed by atoms with Crippen LogP contribution in [0.25, 0.3) is 0 Å². The first kappa shape index (κ1) is 20.5. The number of methoxy groups -OCH3 is 1. The quantitative estimate of drug-likeness (QED) is 0.245. The standard InChI is InChI=1S/C17H30I2N2O/c1-5-7-9-10-11-13-17(3,12-8-6-2)21-16(22-4)14(18)15(19)20-21/h5-13H2,1-4H3. The van der Waals surface area contributed by atoms with E-state index in [1.54, 1.807) is 7.11 Å². The molecule has 1 atom stereocenters. The van der Waals surface area contributed by atoms with E-state index < -0.39 is 0 Å². The van der Waals surface area contributed by atoms with Gasteiger partial charge in [0.05, 0.1) is 12.6 Å². The lowest BCUT2D eigenvalue weighted by atomic mass is 9.88. The van der Waals surface area contributed by atoms with Gasteiger partial charge < -0.3 is 4.74 Å². The number of rotatable bonds is 11. The molecule has 0 aliphatic rings. The number of hydrogen-bond donors (Lipinski definition) is 0. The molecule has 1 heterocycles. The lowest BCUT2D eigenvalue weighted by Gasteiger charge is -2.31. The molecule has 0 amide bonds. The van der Waals surface area contributed by atoms with Crippen LogP contribution in [-0.4, -0.2) is 16.9 Å². The Morgan fingerprint density at radius 3 is 2.18 bits per heavy atom. The molecular weight excluding hydrogens is 502 g/mol. The van der Waals surface area contributed by atoms with Crippen molar-refractivity contribution in [2.75, 3.05) is 7.11 Å². The smallest absolute Gasteiger partial charge is 0.227 e. The number of ether oxygens (including phenoxy) is 1. The molecule has 1 aromatic heterocycles. The molecule has 0 radical (unpaired) electrons. The minimum Gasteiger partial charge on any atom is -0.480 e. The Kier molecular flexibility index (Phi) is 9.66. The van der Waals surface area contributed by atoms with Crippen LogP contribution in [0.2, 0.25) is 0 Å². The molecule has 0 bridgehead atoms. The Balaban J connectivity index is 2.88. The largest absolute Gasteiger partial charge is 0.480 e. The summed E-state index contributed by atoms with van der Waals surface area (Å²) < 4.78 is 9.99. The summed E-state index contributed by atoms with van der Waals surface area (Å²) in [5, 5.41) is 4.79. The van der Waals surface area contributed by atoms with Crippen LogP contribution < -0.4 is 4.74 Å². The predicted octanol–water partition coefficient (Wildman–Crippen LogP) is 6.37. The monoisotopic (exact) mass is 532 g/mol. The number of aromatic nitrogens is 2. The van der Waals surface area contributed by atoms with E-state index >= 15 is 0 Å². The molecule has 3 nitrogen and oxygen atoms in total. The van der Waals surface area contributed by atoms with E-state index in [-0.39, 0.29) is 5.54 Å². The van der Waals surface area contributed by atoms with Crippen LogP contribution in [0.1, 0.15) is 78.6 Å². The summed E-state index contributed by atoms with van der Waals surface area (Å²) in [7, 11) is 1.76. The Hall–Kier alpha value is 0.470. The number of unbranched alkanes of at least 4 members (excludes halogenated alkanes) is 5. The molecule has 0 fully saturated rings. The molecular formula is C17H30I2N2O. The van der Waals surface area contributed by atoms with E-state index in [9.17, 15) is 0 Å². The Bertz CT molecular complexity index is 448. The fraction of sp³-hybridized carbons (Fsp3) is 0.824. The number of hydrogen-bond acceptors (Lipinski definition) is 2. The Morgan fingerprint density at radius 1 is 1.00 bits per heavy atom. The van der Waals surface area contributed by atoms with Gasteiger partial charge in [-0.3, -0.25) is 0 Å². The molecule has 0 saturated carbocycles. The summed E-state index contributed by atoms with van der Waals surface area (Å²) in [6, 6.07) is 0. The maximum atomic E-state index is 5.66. The van der Waals surface area contributed by atoms with Crippen molar-refractivity contribution in [2.24, 2.45) is 0 Å². The lowest BCUT2D eigenvalue weighted by Crippen LogP contribution is -2.32. The molecule has 5 heteroatoms. The van der Waals surface area contributed by atoms with Crippen LogP contribution in [-0.2, 0) is 5.54 Å². The molecule has 0 aliphatic heterocycles. The first-order valence-electron chi connectivity index (χ1n) is 8.48. The zero-order valence-corrected chi connectivity index (χ0v) is 18.7. The van der Waals surface area contributed by atoms with Gasteiger partial charge in [0.25, 0.3) is 0 Å². The van der Waals surface area contributed by atoms with Crippen molar-refractivity contribution in [1.29, 1.82) is 0 Å². The fourth-order valence-electron chi connectivity index (χ4n) is 2.90. The second-order valence-corrected chi connectivity index (χ2v) is 8.39. The first-order chi connectivity index (χ1) is 10.5. The SMILES string of the molecule is CCCCCCCC(C)(CCCC)n1nc(I)c(I)c1OC. The average molecular weight is 532 g/mol. The van der Waals surface area contributed by atoms with Crippen LogP contribution in [0.4, 0.5) is 0 Å². The van der Waals surface area contributed by atoms with Gasteiger partial charge in [0.15, 0.2) is 0 Å². The lowest BCUT2D eigenvalue weighted by molar-refractivity contribution is 0.199. The van der Waals surface area contributed by atoms with Crippen molar-refractivity contribution in [2.45, 2.75) is 84.1 Å². The number of nitrogens with zero attached hydrogens (tertiary/aromatic N) is 2. The number of halogens is 2. The highest BCUT2D eigenvalue weighted by Gasteiger charge is 2.31. The van der Waals surface area contributed by atoms with Crippen molar-refractivity contribution in [3.8, 4) is 5.88 Å². The van der Waals surface area contributed by atoms with Crippen LogP contribution in [0, 0.1) is 7.27 Å². The zero-order valence-electron chi connectivity index (χ0n) is 14.4. The molecule has 1 rings (SSSR count). The highest BCUT2D eigenvalue weighted by atomic mass is 127. The molecule has 22 heavy (non-hydrogen) atoms. The van der Waals surface area contributed by atoms with E-state index in [1.165, 1.54) is 57.8 Å². The maximum absolute atomic E-state index is 5.66. The van der Waals surface area contributed by atoms with E-state index in [0.717, 1.165) is 13.2 Å². The second kappa shape index (κ2) is 10.4. The van der Waals surface area contributed by atoms with Gasteiger partial charge >= 0.3 is 0 Å². The molecule has 0 aliphatic carbocycles. The topological polar surface area (TPSA) is 27.1 Å². The van der Waals surface area contributed by atoms with E-state index in [1.807, 2.05) is 0 Å². The molecule has 1 aromatic rings. The minimum absolute atomic E-state index is 0.0664. The zero-order chi connectivity index (χ0) is 16.6. The van der Waals surface area contributed by atoms with Gasteiger partial charge in [0.1, 0.15) is 7.27 Å². The average Bonchev–Trinajstić information content (AvgIpc) is 2.80. The Morgan fingerprint density at radius 2 is 1.59 bits per heavy atom. The summed E-state index contributed by atoms with van der Waals surface area (Å²) >= 11 is 4.65. The molecule has 0 aromatic carbocycles. The summed E-state index contributed by atoms with van der Waals surface area (Å²) in [5.74, 6) is 0.928. The third kappa shape index (κ3) is 5.53. The normalized spacial score (nSPS) is 14.1. The van der Waals surface area contributed by atoms with Crippen molar-refractivity contribution in [1.82, 2.24) is 9.78 Å². The van der Waals surface area contributed by atoms with Crippen LogP contribution >= 0.6 is 45.2 Å². The van der Waals surface area contributed by atoms with Crippen LogP contribution in [0.5, 0.6) is 5.88 Å². The molecule has 1 unspecified atom stereocenters. The molecule has 128 valence electrons. The van der Waals surface area contributed by atoms with E-state index in [4.69, 9.17) is 9.84 Å². The van der Waals surface area contributed by atoms with Gasteiger partial charge in [-0.25, -0.2) is 4.68 Å². The van der Waals surface area contributed by atoms with E-state index in [0.29, 0.717) is 0 Å². The molecule has 0 saturated heterocycles. The van der Waals surface area contributed by atoms with Gasteiger partial charge in [-0.1, -0.05) is 58.8 Å². The second-order valence-electron chi connectivity index (χ2n) is 6.29. The summed E-state index contributed by atoms with van der Waals surface area (Å²) in [4.78, 5) is 0. The highest BCUT2D eigenvalue weighted by molar-refractivity contribution is 14.1. The Labute approximate surface area is 163 Å². The minimum atomic E-state index is 0.0664. The van der Waals surface area contributed by atoms with E-state index in [2.05, 4.69) is 70.6 Å². The van der Waals surface area contributed by atoms with Crippen molar-refractivity contribution >= 4 is 45.2 Å². The van der Waals surface area contributed by atoms with Crippen molar-refractivity contribution in [3.05, 3.63) is 7.27 Å². The van der Waals surface area contributed by atoms with Crippen LogP contribution in [0.15, 0.2) is 0 Å². The molecule has 0 N–H and O–H groups in total. The summed E-state index contributed by atoms with van der Waals surface area (Å²) in [5.41, 5.74) is 0.0664.